The van der Waals surface area contributed by atoms with Gasteiger partial charge in [0, 0.05) is 18.6 Å². The van der Waals surface area contributed by atoms with Crippen molar-refractivity contribution >= 4 is 0 Å². The van der Waals surface area contributed by atoms with Crippen molar-refractivity contribution in [3.8, 4) is 6.07 Å². The predicted molar refractivity (Wildman–Crippen MR) is 78.8 cm³/mol. The molecule has 2 atom stereocenters. The topological polar surface area (TPSA) is 39.1 Å². The SMILES string of the molecule is CNC1(C#N)CCC(N(CC(C)C)C2CCCC2)C1. The maximum atomic E-state index is 9.43. The fraction of sp³-hybridized carbons (Fsp3) is 0.938. The molecule has 0 aromatic heterocycles. The molecule has 0 radical (unpaired) electrons. The Morgan fingerprint density at radius 1 is 1.26 bits per heavy atom. The van der Waals surface area contributed by atoms with Gasteiger partial charge in [-0.25, -0.2) is 0 Å². The van der Waals surface area contributed by atoms with Crippen molar-refractivity contribution < 1.29 is 0 Å². The molecule has 0 heterocycles. The molecule has 2 saturated carbocycles. The van der Waals surface area contributed by atoms with Crippen molar-refractivity contribution in [3.63, 3.8) is 0 Å². The average Bonchev–Trinajstić information content (AvgIpc) is 3.06. The minimum atomic E-state index is -0.265. The van der Waals surface area contributed by atoms with E-state index in [1.54, 1.807) is 0 Å². The summed E-state index contributed by atoms with van der Waals surface area (Å²) in [4.78, 5) is 2.74. The van der Waals surface area contributed by atoms with Crippen molar-refractivity contribution in [2.75, 3.05) is 13.6 Å². The third-order valence-electron chi connectivity index (χ3n) is 5.02. The normalized spacial score (nSPS) is 32.3. The second-order valence-electron chi connectivity index (χ2n) is 6.87. The van der Waals surface area contributed by atoms with Crippen LogP contribution in [0.3, 0.4) is 0 Å². The Labute approximate surface area is 118 Å². The van der Waals surface area contributed by atoms with E-state index >= 15 is 0 Å². The zero-order valence-electron chi connectivity index (χ0n) is 12.8. The number of hydrogen-bond acceptors (Lipinski definition) is 3. The van der Waals surface area contributed by atoms with E-state index in [4.69, 9.17) is 0 Å². The number of nitrogens with one attached hydrogen (secondary N) is 1. The summed E-state index contributed by atoms with van der Waals surface area (Å²) >= 11 is 0. The van der Waals surface area contributed by atoms with Gasteiger partial charge in [0.2, 0.25) is 0 Å². The minimum absolute atomic E-state index is 0.265. The van der Waals surface area contributed by atoms with Crippen LogP contribution in [0.25, 0.3) is 0 Å². The summed E-state index contributed by atoms with van der Waals surface area (Å²) in [5.74, 6) is 0.715. The van der Waals surface area contributed by atoms with E-state index < -0.39 is 0 Å². The van der Waals surface area contributed by atoms with E-state index in [0.717, 1.165) is 18.9 Å². The number of nitriles is 1. The molecule has 2 unspecified atom stereocenters. The van der Waals surface area contributed by atoms with E-state index in [2.05, 4.69) is 30.1 Å². The standard InChI is InChI=1S/C16H29N3/c1-13(2)11-19(14-6-4-5-7-14)15-8-9-16(10-15,12-17)18-3/h13-15,18H,4-11H2,1-3H3. The summed E-state index contributed by atoms with van der Waals surface area (Å²) < 4.78 is 0. The van der Waals surface area contributed by atoms with Gasteiger partial charge < -0.3 is 5.32 Å². The molecule has 0 spiro atoms. The van der Waals surface area contributed by atoms with Crippen LogP contribution in [0.4, 0.5) is 0 Å². The first kappa shape index (κ1) is 14.8. The molecular formula is C16H29N3. The monoisotopic (exact) mass is 263 g/mol. The van der Waals surface area contributed by atoms with Crippen molar-refractivity contribution in [2.45, 2.75) is 76.4 Å². The molecule has 108 valence electrons. The van der Waals surface area contributed by atoms with Crippen LogP contribution in [-0.4, -0.2) is 36.1 Å². The highest BCUT2D eigenvalue weighted by Gasteiger charge is 2.42. The molecule has 0 aromatic rings. The Balaban J connectivity index is 2.05. The van der Waals surface area contributed by atoms with Crippen molar-refractivity contribution in [1.82, 2.24) is 10.2 Å². The maximum absolute atomic E-state index is 9.43. The molecular weight excluding hydrogens is 234 g/mol. The zero-order chi connectivity index (χ0) is 13.9. The van der Waals surface area contributed by atoms with Crippen molar-refractivity contribution in [1.29, 1.82) is 5.26 Å². The highest BCUT2D eigenvalue weighted by atomic mass is 15.2. The molecule has 19 heavy (non-hydrogen) atoms. The number of nitrogens with zero attached hydrogens (tertiary/aromatic N) is 2. The van der Waals surface area contributed by atoms with Crippen LogP contribution < -0.4 is 5.32 Å². The zero-order valence-corrected chi connectivity index (χ0v) is 12.8. The van der Waals surface area contributed by atoms with Crippen LogP contribution in [-0.2, 0) is 0 Å². The number of hydrogen-bond donors (Lipinski definition) is 1. The van der Waals surface area contributed by atoms with E-state index in [9.17, 15) is 5.26 Å². The summed E-state index contributed by atoms with van der Waals surface area (Å²) in [5.41, 5.74) is -0.265. The summed E-state index contributed by atoms with van der Waals surface area (Å²) in [6, 6.07) is 3.90. The second kappa shape index (κ2) is 6.24. The highest BCUT2D eigenvalue weighted by Crippen LogP contribution is 2.36. The Morgan fingerprint density at radius 2 is 1.95 bits per heavy atom. The molecule has 0 bridgehead atoms. The highest BCUT2D eigenvalue weighted by molar-refractivity contribution is 5.13. The van der Waals surface area contributed by atoms with Gasteiger partial charge in [0.15, 0.2) is 0 Å². The first-order valence-corrected chi connectivity index (χ1v) is 7.96. The molecule has 2 aliphatic rings. The largest absolute Gasteiger partial charge is 0.302 e. The first-order valence-electron chi connectivity index (χ1n) is 7.96. The van der Waals surface area contributed by atoms with Gasteiger partial charge in [0.1, 0.15) is 5.54 Å². The lowest BCUT2D eigenvalue weighted by Gasteiger charge is -2.36. The molecule has 3 nitrogen and oxygen atoms in total. The van der Waals surface area contributed by atoms with Gasteiger partial charge >= 0.3 is 0 Å². The molecule has 0 amide bonds. The average molecular weight is 263 g/mol. The summed E-state index contributed by atoms with van der Waals surface area (Å²) in [6.07, 6.45) is 8.69. The lowest BCUT2D eigenvalue weighted by atomic mass is 9.99. The summed E-state index contributed by atoms with van der Waals surface area (Å²) in [6.45, 7) is 5.82. The van der Waals surface area contributed by atoms with Crippen molar-refractivity contribution in [3.05, 3.63) is 0 Å². The molecule has 0 aromatic carbocycles. The smallest absolute Gasteiger partial charge is 0.108 e. The molecule has 0 aliphatic heterocycles. The van der Waals surface area contributed by atoms with Crippen LogP contribution in [0.15, 0.2) is 0 Å². The molecule has 2 fully saturated rings. The van der Waals surface area contributed by atoms with Gasteiger partial charge in [-0.1, -0.05) is 26.7 Å². The lowest BCUT2D eigenvalue weighted by molar-refractivity contribution is 0.117. The number of rotatable bonds is 5. The molecule has 2 aliphatic carbocycles. The van der Waals surface area contributed by atoms with Gasteiger partial charge in [0.05, 0.1) is 6.07 Å². The molecule has 3 heteroatoms. The van der Waals surface area contributed by atoms with Gasteiger partial charge in [-0.05, 0) is 45.1 Å². The third-order valence-corrected chi connectivity index (χ3v) is 5.02. The van der Waals surface area contributed by atoms with E-state index in [0.29, 0.717) is 12.0 Å². The Bertz CT molecular complexity index is 327. The van der Waals surface area contributed by atoms with Crippen LogP contribution in [0.5, 0.6) is 0 Å². The van der Waals surface area contributed by atoms with Crippen LogP contribution in [0.2, 0.25) is 0 Å². The summed E-state index contributed by atoms with van der Waals surface area (Å²) in [7, 11) is 1.94. The minimum Gasteiger partial charge on any atom is -0.302 e. The van der Waals surface area contributed by atoms with E-state index in [1.165, 1.54) is 38.6 Å². The molecule has 2 rings (SSSR count). The van der Waals surface area contributed by atoms with Crippen LogP contribution in [0, 0.1) is 17.2 Å². The van der Waals surface area contributed by atoms with Gasteiger partial charge in [-0.15, -0.1) is 0 Å². The maximum Gasteiger partial charge on any atom is 0.108 e. The van der Waals surface area contributed by atoms with E-state index in [-0.39, 0.29) is 5.54 Å². The predicted octanol–water partition coefficient (Wildman–Crippen LogP) is 2.92. The van der Waals surface area contributed by atoms with Crippen molar-refractivity contribution in [2.24, 2.45) is 5.92 Å². The van der Waals surface area contributed by atoms with Gasteiger partial charge in [-0.2, -0.15) is 5.26 Å². The Kier molecular flexibility index (Phi) is 4.86. The van der Waals surface area contributed by atoms with Crippen LogP contribution >= 0.6 is 0 Å². The molecule has 0 saturated heterocycles. The Hall–Kier alpha value is -0.590. The molecule has 1 N–H and O–H groups in total. The fourth-order valence-corrected chi connectivity index (χ4v) is 3.94. The third kappa shape index (κ3) is 3.30. The van der Waals surface area contributed by atoms with Crippen LogP contribution in [0.1, 0.15) is 58.8 Å². The van der Waals surface area contributed by atoms with Gasteiger partial charge in [0.25, 0.3) is 0 Å². The quantitative estimate of drug-likeness (QED) is 0.829. The fourth-order valence-electron chi connectivity index (χ4n) is 3.94. The lowest BCUT2D eigenvalue weighted by Crippen LogP contribution is -2.46. The second-order valence-corrected chi connectivity index (χ2v) is 6.87. The van der Waals surface area contributed by atoms with Gasteiger partial charge in [-0.3, -0.25) is 4.90 Å². The Morgan fingerprint density at radius 3 is 2.42 bits per heavy atom. The van der Waals surface area contributed by atoms with E-state index in [1.807, 2.05) is 7.05 Å². The first-order chi connectivity index (χ1) is 9.10. The summed E-state index contributed by atoms with van der Waals surface area (Å²) in [5, 5.41) is 12.7.